The number of amides is 1. The Morgan fingerprint density at radius 3 is 2.18 bits per heavy atom. The standard InChI is InChI=1S/C28H28N2O4/c1-20(2)26(27(31)34-19-22-9-5-4-6-10-22)30(28(32)33-3)18-21-13-15-23(16-14-21)25-12-8-7-11-24(25)17-29/h4-16,20,26H,18-19H2,1-3H3/t26-/m0/s1. The topological polar surface area (TPSA) is 79.6 Å². The molecular weight excluding hydrogens is 428 g/mol. The number of hydrogen-bond acceptors (Lipinski definition) is 5. The van der Waals surface area contributed by atoms with Gasteiger partial charge in [-0.1, -0.05) is 86.6 Å². The summed E-state index contributed by atoms with van der Waals surface area (Å²) in [5.74, 6) is -0.673. The first kappa shape index (κ1) is 24.5. The van der Waals surface area contributed by atoms with Crippen molar-refractivity contribution in [2.24, 2.45) is 5.92 Å². The molecule has 0 fully saturated rings. The second-order valence-corrected chi connectivity index (χ2v) is 8.23. The maximum Gasteiger partial charge on any atom is 0.410 e. The fraction of sp³-hybridized carbons (Fsp3) is 0.250. The van der Waals surface area contributed by atoms with Gasteiger partial charge in [0.15, 0.2) is 0 Å². The Balaban J connectivity index is 1.80. The van der Waals surface area contributed by atoms with E-state index in [1.807, 2.05) is 86.6 Å². The normalized spacial score (nSPS) is 11.4. The van der Waals surface area contributed by atoms with Crippen LogP contribution in [0.25, 0.3) is 11.1 Å². The van der Waals surface area contributed by atoms with Gasteiger partial charge >= 0.3 is 12.1 Å². The van der Waals surface area contributed by atoms with Crippen molar-refractivity contribution in [1.29, 1.82) is 5.26 Å². The highest BCUT2D eigenvalue weighted by atomic mass is 16.6. The van der Waals surface area contributed by atoms with E-state index in [-0.39, 0.29) is 19.1 Å². The molecule has 0 saturated heterocycles. The van der Waals surface area contributed by atoms with Gasteiger partial charge in [0.1, 0.15) is 12.6 Å². The zero-order valence-electron chi connectivity index (χ0n) is 19.6. The molecule has 0 heterocycles. The molecule has 0 spiro atoms. The van der Waals surface area contributed by atoms with Crippen LogP contribution in [0.1, 0.15) is 30.5 Å². The van der Waals surface area contributed by atoms with Crippen LogP contribution < -0.4 is 0 Å². The van der Waals surface area contributed by atoms with Gasteiger partial charge in [0.25, 0.3) is 0 Å². The summed E-state index contributed by atoms with van der Waals surface area (Å²) in [6.07, 6.45) is -0.603. The Kier molecular flexibility index (Phi) is 8.42. The first-order chi connectivity index (χ1) is 16.4. The lowest BCUT2D eigenvalue weighted by Crippen LogP contribution is -2.48. The van der Waals surface area contributed by atoms with Crippen molar-refractivity contribution in [2.75, 3.05) is 7.11 Å². The van der Waals surface area contributed by atoms with Crippen molar-refractivity contribution in [2.45, 2.75) is 33.0 Å². The Bertz CT molecular complexity index is 1150. The number of esters is 1. The molecule has 174 valence electrons. The second kappa shape index (κ2) is 11.7. The van der Waals surface area contributed by atoms with Gasteiger partial charge in [-0.3, -0.25) is 4.90 Å². The molecule has 1 atom stereocenters. The van der Waals surface area contributed by atoms with Gasteiger partial charge in [0, 0.05) is 6.54 Å². The molecule has 3 aromatic rings. The van der Waals surface area contributed by atoms with E-state index in [0.29, 0.717) is 5.56 Å². The summed E-state index contributed by atoms with van der Waals surface area (Å²) in [6, 6.07) is 25.7. The molecule has 6 heteroatoms. The minimum Gasteiger partial charge on any atom is -0.459 e. The molecule has 3 rings (SSSR count). The number of carbonyl (C=O) groups excluding carboxylic acids is 2. The van der Waals surface area contributed by atoms with Gasteiger partial charge in [-0.15, -0.1) is 0 Å². The molecule has 3 aromatic carbocycles. The monoisotopic (exact) mass is 456 g/mol. The quantitative estimate of drug-likeness (QED) is 0.415. The van der Waals surface area contributed by atoms with Crippen LogP contribution in [0, 0.1) is 17.2 Å². The van der Waals surface area contributed by atoms with Gasteiger partial charge < -0.3 is 9.47 Å². The predicted octanol–water partition coefficient (Wildman–Crippen LogP) is 5.56. The van der Waals surface area contributed by atoms with Gasteiger partial charge in [-0.25, -0.2) is 9.59 Å². The van der Waals surface area contributed by atoms with E-state index in [4.69, 9.17) is 9.47 Å². The van der Waals surface area contributed by atoms with Gasteiger partial charge in [0.2, 0.25) is 0 Å². The molecule has 0 aliphatic carbocycles. The molecule has 0 radical (unpaired) electrons. The van der Waals surface area contributed by atoms with E-state index < -0.39 is 18.1 Å². The van der Waals surface area contributed by atoms with Crippen LogP contribution in [0.4, 0.5) is 4.79 Å². The van der Waals surface area contributed by atoms with Crippen LogP contribution in [0.5, 0.6) is 0 Å². The van der Waals surface area contributed by atoms with Crippen molar-refractivity contribution in [1.82, 2.24) is 4.90 Å². The van der Waals surface area contributed by atoms with E-state index in [2.05, 4.69) is 6.07 Å². The molecule has 34 heavy (non-hydrogen) atoms. The molecule has 0 aliphatic heterocycles. The zero-order valence-corrected chi connectivity index (χ0v) is 19.6. The van der Waals surface area contributed by atoms with Crippen LogP contribution in [0.3, 0.4) is 0 Å². The van der Waals surface area contributed by atoms with Crippen molar-refractivity contribution in [3.8, 4) is 17.2 Å². The number of methoxy groups -OCH3 is 1. The third-order valence-electron chi connectivity index (χ3n) is 5.51. The Hall–Kier alpha value is -4.11. The average Bonchev–Trinajstić information content (AvgIpc) is 2.87. The lowest BCUT2D eigenvalue weighted by Gasteiger charge is -2.31. The number of benzene rings is 3. The Morgan fingerprint density at radius 1 is 0.912 bits per heavy atom. The smallest absolute Gasteiger partial charge is 0.410 e. The lowest BCUT2D eigenvalue weighted by molar-refractivity contribution is -0.152. The van der Waals surface area contributed by atoms with Crippen LogP contribution in [-0.2, 0) is 27.4 Å². The summed E-state index contributed by atoms with van der Waals surface area (Å²) in [4.78, 5) is 27.1. The highest BCUT2D eigenvalue weighted by molar-refractivity contribution is 5.81. The van der Waals surface area contributed by atoms with Crippen LogP contribution >= 0.6 is 0 Å². The SMILES string of the molecule is COC(=O)N(Cc1ccc(-c2ccccc2C#N)cc1)[C@H](C(=O)OCc1ccccc1)C(C)C. The number of nitriles is 1. The summed E-state index contributed by atoms with van der Waals surface area (Å²) in [5.41, 5.74) is 4.02. The molecular formula is C28H28N2O4. The fourth-order valence-corrected chi connectivity index (χ4v) is 3.79. The molecule has 0 bridgehead atoms. The maximum atomic E-state index is 13.0. The van der Waals surface area contributed by atoms with E-state index in [1.54, 1.807) is 6.07 Å². The highest BCUT2D eigenvalue weighted by Crippen LogP contribution is 2.25. The summed E-state index contributed by atoms with van der Waals surface area (Å²) >= 11 is 0. The predicted molar refractivity (Wildman–Crippen MR) is 129 cm³/mol. The third kappa shape index (κ3) is 6.02. The van der Waals surface area contributed by atoms with Crippen molar-refractivity contribution in [3.63, 3.8) is 0 Å². The number of ether oxygens (including phenoxy) is 2. The largest absolute Gasteiger partial charge is 0.459 e. The van der Waals surface area contributed by atoms with Crippen molar-refractivity contribution in [3.05, 3.63) is 95.6 Å². The molecule has 1 amide bonds. The molecule has 0 unspecified atom stereocenters. The van der Waals surface area contributed by atoms with E-state index in [9.17, 15) is 14.9 Å². The highest BCUT2D eigenvalue weighted by Gasteiger charge is 2.34. The fourth-order valence-electron chi connectivity index (χ4n) is 3.79. The number of rotatable bonds is 8. The number of nitrogens with zero attached hydrogens (tertiary/aromatic N) is 2. The van der Waals surface area contributed by atoms with Crippen molar-refractivity contribution >= 4 is 12.1 Å². The lowest BCUT2D eigenvalue weighted by atomic mass is 9.98. The van der Waals surface area contributed by atoms with Crippen LogP contribution in [-0.4, -0.2) is 30.1 Å². The van der Waals surface area contributed by atoms with Crippen LogP contribution in [0.15, 0.2) is 78.9 Å². The van der Waals surface area contributed by atoms with Crippen molar-refractivity contribution < 1.29 is 19.1 Å². The number of carbonyl (C=O) groups is 2. The average molecular weight is 457 g/mol. The van der Waals surface area contributed by atoms with Gasteiger partial charge in [-0.2, -0.15) is 5.26 Å². The van der Waals surface area contributed by atoms with Crippen LogP contribution in [0.2, 0.25) is 0 Å². The zero-order chi connectivity index (χ0) is 24.5. The Labute approximate surface area is 200 Å². The molecule has 6 nitrogen and oxygen atoms in total. The summed E-state index contributed by atoms with van der Waals surface area (Å²) in [5, 5.41) is 9.37. The minimum atomic E-state index is -0.810. The third-order valence-corrected chi connectivity index (χ3v) is 5.51. The molecule has 0 saturated carbocycles. The summed E-state index contributed by atoms with van der Waals surface area (Å²) in [6.45, 7) is 4.04. The molecule has 0 aliphatic rings. The number of hydrogen-bond donors (Lipinski definition) is 0. The summed E-state index contributed by atoms with van der Waals surface area (Å²) in [7, 11) is 1.30. The first-order valence-electron chi connectivity index (χ1n) is 11.1. The van der Waals surface area contributed by atoms with E-state index in [0.717, 1.165) is 22.3 Å². The minimum absolute atomic E-state index is 0.130. The van der Waals surface area contributed by atoms with Gasteiger partial charge in [0.05, 0.1) is 18.7 Å². The van der Waals surface area contributed by atoms with E-state index in [1.165, 1.54) is 12.0 Å². The second-order valence-electron chi connectivity index (χ2n) is 8.23. The summed E-state index contributed by atoms with van der Waals surface area (Å²) < 4.78 is 10.5. The first-order valence-corrected chi connectivity index (χ1v) is 11.1. The molecule has 0 N–H and O–H groups in total. The van der Waals surface area contributed by atoms with E-state index >= 15 is 0 Å². The Morgan fingerprint density at radius 2 is 1.56 bits per heavy atom. The maximum absolute atomic E-state index is 13.0. The molecule has 0 aromatic heterocycles. The van der Waals surface area contributed by atoms with Gasteiger partial charge in [-0.05, 0) is 34.2 Å².